The molecule has 0 aliphatic heterocycles. The topological polar surface area (TPSA) is 42.2 Å². The Hall–Kier alpha value is -1.25. The fourth-order valence-electron chi connectivity index (χ4n) is 2.36. The van der Waals surface area contributed by atoms with Crippen LogP contribution in [0.2, 0.25) is 0 Å². The molecule has 1 aliphatic carbocycles. The van der Waals surface area contributed by atoms with Gasteiger partial charge in [0.05, 0.1) is 5.92 Å². The standard InChI is InChI=1S/C11H15NO2/c1-7-6-8-4-3-5-9(11(13)14)10(8)12(7)2/h6,9H,3-5H2,1-2H3,(H,13,14). The zero-order chi connectivity index (χ0) is 10.3. The molecular weight excluding hydrogens is 178 g/mol. The van der Waals surface area contributed by atoms with E-state index in [0.29, 0.717) is 0 Å². The van der Waals surface area contributed by atoms with Crippen LogP contribution in [0.25, 0.3) is 0 Å². The first-order chi connectivity index (χ1) is 6.61. The van der Waals surface area contributed by atoms with Crippen molar-refractivity contribution in [3.05, 3.63) is 23.0 Å². The van der Waals surface area contributed by atoms with Crippen molar-refractivity contribution in [1.29, 1.82) is 0 Å². The molecule has 0 bridgehead atoms. The Morgan fingerprint density at radius 3 is 3.00 bits per heavy atom. The molecule has 1 aliphatic rings. The summed E-state index contributed by atoms with van der Waals surface area (Å²) in [6, 6.07) is 2.12. The number of hydrogen-bond donors (Lipinski definition) is 1. The van der Waals surface area contributed by atoms with E-state index < -0.39 is 5.97 Å². The third-order valence-corrected chi connectivity index (χ3v) is 3.17. The molecule has 3 nitrogen and oxygen atoms in total. The molecule has 1 unspecified atom stereocenters. The van der Waals surface area contributed by atoms with Crippen molar-refractivity contribution in [1.82, 2.24) is 4.57 Å². The monoisotopic (exact) mass is 193 g/mol. The Kier molecular flexibility index (Phi) is 2.10. The van der Waals surface area contributed by atoms with Crippen LogP contribution < -0.4 is 0 Å². The maximum atomic E-state index is 11.1. The van der Waals surface area contributed by atoms with Crippen molar-refractivity contribution in [3.8, 4) is 0 Å². The van der Waals surface area contributed by atoms with Crippen molar-refractivity contribution < 1.29 is 9.90 Å². The molecule has 76 valence electrons. The average Bonchev–Trinajstić information content (AvgIpc) is 2.43. The van der Waals surface area contributed by atoms with Crippen molar-refractivity contribution in [2.24, 2.45) is 7.05 Å². The normalized spacial score (nSPS) is 20.6. The van der Waals surface area contributed by atoms with Crippen LogP contribution >= 0.6 is 0 Å². The SMILES string of the molecule is Cc1cc2c(n1C)C(C(=O)O)CCC2. The summed E-state index contributed by atoms with van der Waals surface area (Å²) < 4.78 is 2.02. The van der Waals surface area contributed by atoms with Crippen LogP contribution in [-0.4, -0.2) is 15.6 Å². The number of aliphatic carboxylic acids is 1. The van der Waals surface area contributed by atoms with Gasteiger partial charge in [-0.1, -0.05) is 0 Å². The van der Waals surface area contributed by atoms with Crippen LogP contribution in [0.1, 0.15) is 35.7 Å². The van der Waals surface area contributed by atoms with Crippen molar-refractivity contribution >= 4 is 5.97 Å². The molecule has 1 aromatic rings. The summed E-state index contributed by atoms with van der Waals surface area (Å²) in [6.07, 6.45) is 2.80. The van der Waals surface area contributed by atoms with Crippen LogP contribution in [0, 0.1) is 6.92 Å². The Bertz CT molecular complexity index is 379. The number of nitrogens with zero attached hydrogens (tertiary/aromatic N) is 1. The number of carbonyl (C=O) groups is 1. The van der Waals surface area contributed by atoms with Gasteiger partial charge in [0.1, 0.15) is 0 Å². The first-order valence-electron chi connectivity index (χ1n) is 4.99. The van der Waals surface area contributed by atoms with Gasteiger partial charge in [-0.15, -0.1) is 0 Å². The van der Waals surface area contributed by atoms with Crippen LogP contribution in [0.15, 0.2) is 6.07 Å². The average molecular weight is 193 g/mol. The first kappa shape index (κ1) is 9.31. The van der Waals surface area contributed by atoms with E-state index in [1.807, 2.05) is 18.5 Å². The van der Waals surface area contributed by atoms with Crippen molar-refractivity contribution in [3.63, 3.8) is 0 Å². The van der Waals surface area contributed by atoms with Gasteiger partial charge in [0.2, 0.25) is 0 Å². The highest BCUT2D eigenvalue weighted by atomic mass is 16.4. The highest BCUT2D eigenvalue weighted by Crippen LogP contribution is 2.33. The molecule has 14 heavy (non-hydrogen) atoms. The van der Waals surface area contributed by atoms with Gasteiger partial charge in [-0.05, 0) is 37.8 Å². The lowest BCUT2D eigenvalue weighted by Gasteiger charge is -2.20. The fourth-order valence-corrected chi connectivity index (χ4v) is 2.36. The minimum absolute atomic E-state index is 0.294. The molecule has 2 rings (SSSR count). The van der Waals surface area contributed by atoms with E-state index in [2.05, 4.69) is 6.07 Å². The smallest absolute Gasteiger partial charge is 0.312 e. The summed E-state index contributed by atoms with van der Waals surface area (Å²) in [5.74, 6) is -0.982. The molecular formula is C11H15NO2. The highest BCUT2D eigenvalue weighted by molar-refractivity contribution is 5.76. The Morgan fingerprint density at radius 2 is 2.36 bits per heavy atom. The van der Waals surface area contributed by atoms with Gasteiger partial charge in [-0.3, -0.25) is 4.79 Å². The predicted molar refractivity (Wildman–Crippen MR) is 53.5 cm³/mol. The molecule has 1 aromatic heterocycles. The Morgan fingerprint density at radius 1 is 1.64 bits per heavy atom. The van der Waals surface area contributed by atoms with Crippen LogP contribution in [0.5, 0.6) is 0 Å². The van der Waals surface area contributed by atoms with E-state index in [1.54, 1.807) is 0 Å². The second-order valence-electron chi connectivity index (χ2n) is 4.04. The van der Waals surface area contributed by atoms with Crippen LogP contribution in [0.3, 0.4) is 0 Å². The lowest BCUT2D eigenvalue weighted by atomic mass is 9.88. The van der Waals surface area contributed by atoms with Crippen molar-refractivity contribution in [2.45, 2.75) is 32.1 Å². The molecule has 3 heteroatoms. The Labute approximate surface area is 83.4 Å². The maximum Gasteiger partial charge on any atom is 0.312 e. The molecule has 0 spiro atoms. The van der Waals surface area contributed by atoms with E-state index in [9.17, 15) is 4.79 Å². The number of carboxylic acid groups (broad SMARTS) is 1. The number of rotatable bonds is 1. The predicted octanol–water partition coefficient (Wildman–Crippen LogP) is 1.84. The van der Waals surface area contributed by atoms with Crippen LogP contribution in [0.4, 0.5) is 0 Å². The third-order valence-electron chi connectivity index (χ3n) is 3.17. The molecule has 0 radical (unpaired) electrons. The maximum absolute atomic E-state index is 11.1. The molecule has 1 heterocycles. The van der Waals surface area contributed by atoms with E-state index in [1.165, 1.54) is 5.56 Å². The lowest BCUT2D eigenvalue weighted by molar-refractivity contribution is -0.139. The molecule has 0 saturated carbocycles. The second-order valence-corrected chi connectivity index (χ2v) is 4.04. The number of fused-ring (bicyclic) bond motifs is 1. The fraction of sp³-hybridized carbons (Fsp3) is 0.545. The molecule has 0 fully saturated rings. The zero-order valence-electron chi connectivity index (χ0n) is 8.58. The molecule has 0 amide bonds. The summed E-state index contributed by atoms with van der Waals surface area (Å²) >= 11 is 0. The van der Waals surface area contributed by atoms with E-state index in [0.717, 1.165) is 30.7 Å². The minimum atomic E-state index is -0.688. The summed E-state index contributed by atoms with van der Waals surface area (Å²) in [4.78, 5) is 11.1. The second kappa shape index (κ2) is 3.15. The highest BCUT2D eigenvalue weighted by Gasteiger charge is 2.29. The molecule has 0 aromatic carbocycles. The van der Waals surface area contributed by atoms with Gasteiger partial charge in [0.15, 0.2) is 0 Å². The quantitative estimate of drug-likeness (QED) is 0.739. The summed E-state index contributed by atoms with van der Waals surface area (Å²) in [5, 5.41) is 9.11. The molecule has 0 saturated heterocycles. The van der Waals surface area contributed by atoms with E-state index in [-0.39, 0.29) is 5.92 Å². The number of carboxylic acids is 1. The third kappa shape index (κ3) is 1.24. The van der Waals surface area contributed by atoms with Gasteiger partial charge in [0.25, 0.3) is 0 Å². The van der Waals surface area contributed by atoms with Crippen LogP contribution in [-0.2, 0) is 18.3 Å². The van der Waals surface area contributed by atoms with E-state index in [4.69, 9.17) is 5.11 Å². The summed E-state index contributed by atoms with van der Waals surface area (Å²) in [7, 11) is 1.95. The minimum Gasteiger partial charge on any atom is -0.481 e. The van der Waals surface area contributed by atoms with Gasteiger partial charge in [0, 0.05) is 18.4 Å². The first-order valence-corrected chi connectivity index (χ1v) is 4.99. The van der Waals surface area contributed by atoms with Gasteiger partial charge in [-0.2, -0.15) is 0 Å². The number of aromatic nitrogens is 1. The summed E-state index contributed by atoms with van der Waals surface area (Å²) in [6.45, 7) is 2.03. The number of aryl methyl sites for hydroxylation is 2. The van der Waals surface area contributed by atoms with Gasteiger partial charge < -0.3 is 9.67 Å². The number of hydrogen-bond acceptors (Lipinski definition) is 1. The van der Waals surface area contributed by atoms with Gasteiger partial charge >= 0.3 is 5.97 Å². The zero-order valence-corrected chi connectivity index (χ0v) is 8.58. The summed E-state index contributed by atoms with van der Waals surface area (Å²) in [5.41, 5.74) is 3.40. The van der Waals surface area contributed by atoms with E-state index >= 15 is 0 Å². The Balaban J connectivity index is 2.52. The molecule has 1 N–H and O–H groups in total. The lowest BCUT2D eigenvalue weighted by Crippen LogP contribution is -2.20. The van der Waals surface area contributed by atoms with Crippen molar-refractivity contribution in [2.75, 3.05) is 0 Å². The van der Waals surface area contributed by atoms with Gasteiger partial charge in [-0.25, -0.2) is 0 Å². The largest absolute Gasteiger partial charge is 0.481 e. The molecule has 1 atom stereocenters.